The van der Waals surface area contributed by atoms with E-state index in [1.807, 2.05) is 4.98 Å². The Balaban J connectivity index is 2.92. The number of nitrogens with one attached hydrogen (secondary N) is 2. The molecule has 1 rings (SSSR count). The molecule has 12 heteroatoms. The number of aromatic nitrogens is 2. The fraction of sp³-hybridized carbons (Fsp3) is 0.500. The average Bonchev–Trinajstić information content (AvgIpc) is 2.55. The number of aromatic amines is 1. The van der Waals surface area contributed by atoms with Crippen LogP contribution < -0.4 is 16.6 Å². The molecule has 0 aliphatic carbocycles. The number of hydrogen-bond acceptors (Lipinski definition) is 6. The van der Waals surface area contributed by atoms with Crippen molar-refractivity contribution in [1.82, 2.24) is 14.9 Å². The van der Waals surface area contributed by atoms with E-state index in [1.165, 1.54) is 12.4 Å². The fourth-order valence-electron chi connectivity index (χ4n) is 1.77. The zero-order valence-electron chi connectivity index (χ0n) is 13.5. The molecule has 1 amide bonds. The molecule has 1 heterocycles. The topological polar surface area (TPSA) is 134 Å². The number of aliphatic hydroxyl groups excluding tert-OH is 2. The molecule has 0 fully saturated rings. The number of carbonyl (C=O) groups is 1. The third-order valence-corrected chi connectivity index (χ3v) is 3.12. The van der Waals surface area contributed by atoms with Gasteiger partial charge in [-0.1, -0.05) is 11.8 Å². The van der Waals surface area contributed by atoms with Gasteiger partial charge in [0.1, 0.15) is 17.8 Å². The Morgan fingerprint density at radius 2 is 2.12 bits per heavy atom. The van der Waals surface area contributed by atoms with Crippen LogP contribution in [0.5, 0.6) is 0 Å². The third kappa shape index (κ3) is 6.03. The Morgan fingerprint density at radius 3 is 2.65 bits per heavy atom. The highest BCUT2D eigenvalue weighted by Crippen LogP contribution is 2.13. The van der Waals surface area contributed by atoms with Crippen LogP contribution >= 0.6 is 0 Å². The molecule has 1 aromatic heterocycles. The van der Waals surface area contributed by atoms with Crippen molar-refractivity contribution in [2.75, 3.05) is 20.3 Å². The first-order valence-corrected chi connectivity index (χ1v) is 7.09. The lowest BCUT2D eigenvalue weighted by Crippen LogP contribution is -2.40. The van der Waals surface area contributed by atoms with E-state index in [4.69, 9.17) is 9.84 Å². The maximum absolute atomic E-state index is 12.0. The molecular weight excluding hydrogens is 363 g/mol. The van der Waals surface area contributed by atoms with Gasteiger partial charge in [-0.2, -0.15) is 13.2 Å². The number of alkyl halides is 3. The summed E-state index contributed by atoms with van der Waals surface area (Å²) in [5.74, 6) is 2.19. The van der Waals surface area contributed by atoms with E-state index in [0.717, 1.165) is 10.8 Å². The van der Waals surface area contributed by atoms with Crippen molar-refractivity contribution >= 4 is 5.91 Å². The standard InChI is InChI=1S/C14H16F3N3O6/c1-26-10(7-21)9(22)6-20-5-8(11(23)19-13(20)25)3-2-4-18-12(24)14(15,16)17/h5,9-10,21-22H,4,6-7H2,1H3,(H,18,24)(H,19,23,25). The van der Waals surface area contributed by atoms with E-state index in [2.05, 4.69) is 11.8 Å². The van der Waals surface area contributed by atoms with Crippen molar-refractivity contribution in [2.24, 2.45) is 0 Å². The lowest BCUT2D eigenvalue weighted by molar-refractivity contribution is -0.173. The smallest absolute Gasteiger partial charge is 0.394 e. The Bertz CT molecular complexity index is 801. The van der Waals surface area contributed by atoms with Crippen molar-refractivity contribution in [2.45, 2.75) is 24.9 Å². The van der Waals surface area contributed by atoms with Gasteiger partial charge in [0.25, 0.3) is 5.56 Å². The summed E-state index contributed by atoms with van der Waals surface area (Å²) < 4.78 is 41.7. The highest BCUT2D eigenvalue weighted by molar-refractivity contribution is 5.81. The predicted octanol–water partition coefficient (Wildman–Crippen LogP) is -2.07. The zero-order valence-corrected chi connectivity index (χ0v) is 13.5. The molecule has 0 bridgehead atoms. The second-order valence-corrected chi connectivity index (χ2v) is 4.96. The third-order valence-electron chi connectivity index (χ3n) is 3.12. The number of rotatable bonds is 6. The molecule has 0 radical (unpaired) electrons. The van der Waals surface area contributed by atoms with E-state index in [9.17, 15) is 32.7 Å². The van der Waals surface area contributed by atoms with E-state index in [-0.39, 0.29) is 12.1 Å². The zero-order chi connectivity index (χ0) is 19.9. The van der Waals surface area contributed by atoms with Gasteiger partial charge in [0.2, 0.25) is 0 Å². The molecule has 9 nitrogen and oxygen atoms in total. The summed E-state index contributed by atoms with van der Waals surface area (Å²) in [4.78, 5) is 35.9. The highest BCUT2D eigenvalue weighted by Gasteiger charge is 2.38. The first-order chi connectivity index (χ1) is 12.1. The molecule has 26 heavy (non-hydrogen) atoms. The number of ether oxygens (including phenoxy) is 1. The predicted molar refractivity (Wildman–Crippen MR) is 81.2 cm³/mol. The van der Waals surface area contributed by atoms with Gasteiger partial charge in [0.05, 0.1) is 19.7 Å². The number of amides is 1. The first kappa shape index (κ1) is 21.4. The van der Waals surface area contributed by atoms with Crippen LogP contribution in [0.4, 0.5) is 13.2 Å². The van der Waals surface area contributed by atoms with Crippen molar-refractivity contribution in [1.29, 1.82) is 0 Å². The second-order valence-electron chi connectivity index (χ2n) is 4.96. The maximum atomic E-state index is 12.0. The minimum Gasteiger partial charge on any atom is -0.394 e. The van der Waals surface area contributed by atoms with Crippen LogP contribution in [0.15, 0.2) is 15.8 Å². The van der Waals surface area contributed by atoms with Crippen LogP contribution in [0, 0.1) is 11.8 Å². The quantitative estimate of drug-likeness (QED) is 0.420. The Labute approximate surface area is 144 Å². The monoisotopic (exact) mass is 379 g/mol. The SMILES string of the molecule is COC(CO)C(O)Cn1cc(C#CCNC(=O)C(F)(F)F)c(=O)[nH]c1=O. The van der Waals surface area contributed by atoms with Crippen molar-refractivity contribution in [3.63, 3.8) is 0 Å². The Kier molecular flexibility index (Phi) is 7.56. The average molecular weight is 379 g/mol. The van der Waals surface area contributed by atoms with Gasteiger partial charge in [-0.25, -0.2) is 4.79 Å². The summed E-state index contributed by atoms with van der Waals surface area (Å²) in [6.45, 7) is -1.52. The summed E-state index contributed by atoms with van der Waals surface area (Å²) in [5.41, 5.74) is -2.02. The number of nitrogens with zero attached hydrogens (tertiary/aromatic N) is 1. The molecule has 1 aromatic rings. The van der Waals surface area contributed by atoms with Gasteiger partial charge < -0.3 is 20.3 Å². The van der Waals surface area contributed by atoms with Gasteiger partial charge in [-0.15, -0.1) is 0 Å². The molecule has 0 saturated heterocycles. The van der Waals surface area contributed by atoms with Gasteiger partial charge in [-0.05, 0) is 0 Å². The maximum Gasteiger partial charge on any atom is 0.471 e. The number of carbonyl (C=O) groups excluding carboxylic acids is 1. The summed E-state index contributed by atoms with van der Waals surface area (Å²) in [6, 6.07) is 0. The van der Waals surface area contributed by atoms with Crippen LogP contribution in [-0.2, 0) is 16.1 Å². The number of halogens is 3. The largest absolute Gasteiger partial charge is 0.471 e. The molecule has 4 N–H and O–H groups in total. The number of methoxy groups -OCH3 is 1. The van der Waals surface area contributed by atoms with Crippen molar-refractivity contribution in [3.05, 3.63) is 32.6 Å². The second kappa shape index (κ2) is 9.18. The lowest BCUT2D eigenvalue weighted by atomic mass is 10.2. The van der Waals surface area contributed by atoms with Crippen molar-refractivity contribution in [3.8, 4) is 11.8 Å². The van der Waals surface area contributed by atoms with Crippen LogP contribution in [0.25, 0.3) is 0 Å². The van der Waals surface area contributed by atoms with Gasteiger partial charge in [0.15, 0.2) is 0 Å². The molecule has 0 saturated carbocycles. The minimum atomic E-state index is -5.05. The molecule has 0 aliphatic heterocycles. The lowest BCUT2D eigenvalue weighted by Gasteiger charge is -2.20. The molecule has 0 aliphatic rings. The van der Waals surface area contributed by atoms with Crippen molar-refractivity contribution < 1.29 is 32.9 Å². The number of H-pyrrole nitrogens is 1. The van der Waals surface area contributed by atoms with E-state index >= 15 is 0 Å². The Morgan fingerprint density at radius 1 is 1.46 bits per heavy atom. The molecular formula is C14H16F3N3O6. The Hall–Kier alpha value is -2.62. The van der Waals surface area contributed by atoms with Crippen LogP contribution in [0.1, 0.15) is 5.56 Å². The number of aliphatic hydroxyl groups is 2. The summed E-state index contributed by atoms with van der Waals surface area (Å²) in [7, 11) is 1.24. The van der Waals surface area contributed by atoms with Crippen LogP contribution in [0.3, 0.4) is 0 Å². The molecule has 0 aromatic carbocycles. The molecule has 2 unspecified atom stereocenters. The summed E-state index contributed by atoms with van der Waals surface area (Å²) in [5, 5.41) is 20.4. The van der Waals surface area contributed by atoms with Crippen LogP contribution in [-0.4, -0.2) is 64.3 Å². The molecule has 2 atom stereocenters. The van der Waals surface area contributed by atoms with Gasteiger partial charge in [-0.3, -0.25) is 19.1 Å². The minimum absolute atomic E-state index is 0.268. The van der Waals surface area contributed by atoms with E-state index in [1.54, 1.807) is 0 Å². The number of hydrogen-bond donors (Lipinski definition) is 4. The summed E-state index contributed by atoms with van der Waals surface area (Å²) >= 11 is 0. The van der Waals surface area contributed by atoms with Gasteiger partial charge in [0, 0.05) is 13.3 Å². The fourth-order valence-corrected chi connectivity index (χ4v) is 1.77. The van der Waals surface area contributed by atoms with E-state index < -0.39 is 48.7 Å². The first-order valence-electron chi connectivity index (χ1n) is 7.09. The molecule has 0 spiro atoms. The summed E-state index contributed by atoms with van der Waals surface area (Å²) in [6.07, 6.45) is -6.30. The van der Waals surface area contributed by atoms with Gasteiger partial charge >= 0.3 is 17.8 Å². The van der Waals surface area contributed by atoms with Crippen LogP contribution in [0.2, 0.25) is 0 Å². The molecule has 144 valence electrons. The normalized spacial score (nSPS) is 13.5. The van der Waals surface area contributed by atoms with E-state index in [0.29, 0.717) is 0 Å². The highest BCUT2D eigenvalue weighted by atomic mass is 19.4.